The van der Waals surface area contributed by atoms with E-state index in [0.717, 1.165) is 36.2 Å². The number of carbonyl (C=O) groups excluding carboxylic acids is 1. The molecule has 1 aliphatic carbocycles. The van der Waals surface area contributed by atoms with Crippen LogP contribution in [0.2, 0.25) is 0 Å². The van der Waals surface area contributed by atoms with Gasteiger partial charge in [0.05, 0.1) is 6.54 Å². The van der Waals surface area contributed by atoms with Crippen molar-refractivity contribution in [3.05, 3.63) is 70.0 Å². The van der Waals surface area contributed by atoms with Crippen molar-refractivity contribution in [3.8, 4) is 6.19 Å². The van der Waals surface area contributed by atoms with Gasteiger partial charge in [-0.2, -0.15) is 5.26 Å². The predicted octanol–water partition coefficient (Wildman–Crippen LogP) is 4.05. The maximum Gasteiger partial charge on any atom is 0.261 e. The van der Waals surface area contributed by atoms with Crippen LogP contribution < -0.4 is 5.32 Å². The lowest BCUT2D eigenvalue weighted by atomic mass is 9.85. The first-order valence-electron chi connectivity index (χ1n) is 8.90. The summed E-state index contributed by atoms with van der Waals surface area (Å²) in [6.45, 7) is 5.37. The Morgan fingerprint density at radius 2 is 2.00 bits per heavy atom. The number of carbonyl (C=O) groups is 1. The fraction of sp³-hybridized carbons (Fsp3) is 0.333. The van der Waals surface area contributed by atoms with E-state index in [9.17, 15) is 13.6 Å². The van der Waals surface area contributed by atoms with Gasteiger partial charge in [-0.15, -0.1) is 0 Å². The summed E-state index contributed by atoms with van der Waals surface area (Å²) in [5, 5.41) is 11.8. The Labute approximate surface area is 157 Å². The zero-order chi connectivity index (χ0) is 19.6. The van der Waals surface area contributed by atoms with Gasteiger partial charge in [-0.05, 0) is 49.1 Å². The molecule has 1 amide bonds. The van der Waals surface area contributed by atoms with Crippen molar-refractivity contribution in [1.29, 1.82) is 5.26 Å². The molecule has 0 aromatic heterocycles. The number of allylic oxidation sites excluding steroid dienone is 3. The minimum atomic E-state index is -0.882. The average Bonchev–Trinajstić information content (AvgIpc) is 2.64. The van der Waals surface area contributed by atoms with Crippen molar-refractivity contribution in [3.63, 3.8) is 0 Å². The standard InChI is InChI=1S/C21H21F2N3O/c1-13-8-9-26(12-24)11-16(13)15-6-7-19(14(2)10-15)25-21(27)20-17(22)4-3-5-18(20)23/h3-7,14H,8-11H2,1-2H3,(H,25,27). The van der Waals surface area contributed by atoms with Crippen molar-refractivity contribution in [2.75, 3.05) is 13.1 Å². The van der Waals surface area contributed by atoms with Crippen LogP contribution in [0.4, 0.5) is 8.78 Å². The van der Waals surface area contributed by atoms with Crippen LogP contribution in [0.3, 0.4) is 0 Å². The number of amides is 1. The largest absolute Gasteiger partial charge is 0.325 e. The molecule has 1 aromatic carbocycles. The van der Waals surface area contributed by atoms with Crippen LogP contribution in [0.5, 0.6) is 0 Å². The molecule has 6 heteroatoms. The van der Waals surface area contributed by atoms with Gasteiger partial charge in [-0.3, -0.25) is 4.79 Å². The molecule has 2 aliphatic rings. The number of nitrogens with one attached hydrogen (secondary N) is 1. The maximum absolute atomic E-state index is 13.8. The number of hydrogen-bond acceptors (Lipinski definition) is 3. The van der Waals surface area contributed by atoms with E-state index >= 15 is 0 Å². The molecular formula is C21H21F2N3O. The lowest BCUT2D eigenvalue weighted by molar-refractivity contribution is 0.0953. The highest BCUT2D eigenvalue weighted by Gasteiger charge is 2.25. The van der Waals surface area contributed by atoms with E-state index < -0.39 is 23.1 Å². The molecule has 0 saturated heterocycles. The molecule has 1 aliphatic heterocycles. The number of halogens is 2. The van der Waals surface area contributed by atoms with E-state index in [4.69, 9.17) is 5.26 Å². The van der Waals surface area contributed by atoms with Crippen LogP contribution in [0.15, 0.2) is 52.8 Å². The number of rotatable bonds is 3. The lowest BCUT2D eigenvalue weighted by Gasteiger charge is -2.30. The highest BCUT2D eigenvalue weighted by molar-refractivity contribution is 5.95. The Morgan fingerprint density at radius 3 is 2.63 bits per heavy atom. The van der Waals surface area contributed by atoms with Crippen LogP contribution in [0.1, 0.15) is 37.0 Å². The Morgan fingerprint density at radius 1 is 1.30 bits per heavy atom. The predicted molar refractivity (Wildman–Crippen MR) is 98.3 cm³/mol. The summed E-state index contributed by atoms with van der Waals surface area (Å²) in [6, 6.07) is 3.35. The van der Waals surface area contributed by atoms with Gasteiger partial charge >= 0.3 is 0 Å². The summed E-state index contributed by atoms with van der Waals surface area (Å²) in [6.07, 6.45) is 7.45. The van der Waals surface area contributed by atoms with Gasteiger partial charge in [0.15, 0.2) is 6.19 Å². The van der Waals surface area contributed by atoms with E-state index in [2.05, 4.69) is 18.4 Å². The lowest BCUT2D eigenvalue weighted by Crippen LogP contribution is -2.31. The Kier molecular flexibility index (Phi) is 5.41. The van der Waals surface area contributed by atoms with Gasteiger partial charge in [0.25, 0.3) is 5.91 Å². The molecule has 1 unspecified atom stereocenters. The van der Waals surface area contributed by atoms with Crippen LogP contribution in [-0.2, 0) is 0 Å². The molecule has 1 atom stereocenters. The Hall–Kier alpha value is -2.94. The van der Waals surface area contributed by atoms with Gasteiger partial charge in [0.1, 0.15) is 17.2 Å². The van der Waals surface area contributed by atoms with Gasteiger partial charge in [-0.1, -0.05) is 24.6 Å². The minimum absolute atomic E-state index is 0.0125. The number of nitriles is 1. The molecule has 0 fully saturated rings. The molecule has 1 N–H and O–H groups in total. The van der Waals surface area contributed by atoms with Gasteiger partial charge < -0.3 is 10.2 Å². The molecule has 0 radical (unpaired) electrons. The first-order chi connectivity index (χ1) is 12.9. The summed E-state index contributed by atoms with van der Waals surface area (Å²) >= 11 is 0. The Balaban J connectivity index is 1.81. The quantitative estimate of drug-likeness (QED) is 0.818. The molecule has 4 nitrogen and oxygen atoms in total. The van der Waals surface area contributed by atoms with Crippen molar-refractivity contribution in [1.82, 2.24) is 10.2 Å². The van der Waals surface area contributed by atoms with Crippen LogP contribution in [0, 0.1) is 29.0 Å². The maximum atomic E-state index is 13.8. The normalized spacial score (nSPS) is 20.0. The summed E-state index contributed by atoms with van der Waals surface area (Å²) in [5.74, 6) is -2.56. The highest BCUT2D eigenvalue weighted by atomic mass is 19.1. The third-order valence-corrected chi connectivity index (χ3v) is 5.12. The second kappa shape index (κ2) is 7.75. The summed E-state index contributed by atoms with van der Waals surface area (Å²) in [7, 11) is 0. The zero-order valence-electron chi connectivity index (χ0n) is 15.4. The van der Waals surface area contributed by atoms with E-state index in [1.807, 2.05) is 13.0 Å². The van der Waals surface area contributed by atoms with Crippen molar-refractivity contribution < 1.29 is 13.6 Å². The minimum Gasteiger partial charge on any atom is -0.325 e. The monoisotopic (exact) mass is 369 g/mol. The van der Waals surface area contributed by atoms with Gasteiger partial charge in [0.2, 0.25) is 0 Å². The van der Waals surface area contributed by atoms with E-state index in [-0.39, 0.29) is 5.92 Å². The Bertz CT molecular complexity index is 888. The van der Waals surface area contributed by atoms with Crippen LogP contribution in [-0.4, -0.2) is 23.9 Å². The fourth-order valence-corrected chi connectivity index (χ4v) is 3.48. The van der Waals surface area contributed by atoms with Crippen molar-refractivity contribution >= 4 is 5.91 Å². The number of nitrogens with zero attached hydrogens (tertiary/aromatic N) is 2. The topological polar surface area (TPSA) is 56.1 Å². The number of hydrogen-bond donors (Lipinski definition) is 1. The molecule has 27 heavy (non-hydrogen) atoms. The third-order valence-electron chi connectivity index (χ3n) is 5.12. The summed E-state index contributed by atoms with van der Waals surface area (Å²) < 4.78 is 27.6. The molecule has 0 saturated carbocycles. The highest BCUT2D eigenvalue weighted by Crippen LogP contribution is 2.32. The molecule has 3 rings (SSSR count). The zero-order valence-corrected chi connectivity index (χ0v) is 15.4. The van der Waals surface area contributed by atoms with E-state index in [0.29, 0.717) is 18.7 Å². The van der Waals surface area contributed by atoms with E-state index in [1.54, 1.807) is 11.0 Å². The van der Waals surface area contributed by atoms with E-state index in [1.165, 1.54) is 11.6 Å². The molecule has 0 spiro atoms. The fourth-order valence-electron chi connectivity index (χ4n) is 3.48. The first kappa shape index (κ1) is 18.8. The van der Waals surface area contributed by atoms with Crippen LogP contribution in [0.25, 0.3) is 0 Å². The summed E-state index contributed by atoms with van der Waals surface area (Å²) in [4.78, 5) is 14.0. The smallest absolute Gasteiger partial charge is 0.261 e. The van der Waals surface area contributed by atoms with Crippen LogP contribution >= 0.6 is 0 Å². The van der Waals surface area contributed by atoms with Gasteiger partial charge in [0, 0.05) is 18.2 Å². The third kappa shape index (κ3) is 3.92. The first-order valence-corrected chi connectivity index (χ1v) is 8.90. The molecule has 1 aromatic rings. The van der Waals surface area contributed by atoms with Crippen molar-refractivity contribution in [2.45, 2.75) is 26.7 Å². The molecule has 0 bridgehead atoms. The van der Waals surface area contributed by atoms with Gasteiger partial charge in [-0.25, -0.2) is 8.78 Å². The van der Waals surface area contributed by atoms with Crippen molar-refractivity contribution in [2.24, 2.45) is 5.92 Å². The number of benzene rings is 1. The molecular weight excluding hydrogens is 348 g/mol. The second-order valence-electron chi connectivity index (χ2n) is 7.00. The SMILES string of the molecule is CC1=C(C2=CC=C(NC(=O)c3c(F)cccc3F)C(C)C2)CN(C#N)CC1. The average molecular weight is 369 g/mol. The second-order valence-corrected chi connectivity index (χ2v) is 7.00. The molecule has 140 valence electrons. The molecule has 1 heterocycles. The summed E-state index contributed by atoms with van der Waals surface area (Å²) in [5.41, 5.74) is 3.62.